The van der Waals surface area contributed by atoms with Crippen molar-refractivity contribution in [3.05, 3.63) is 26.8 Å². The molecular formula is C10H11ClINO3. The van der Waals surface area contributed by atoms with Gasteiger partial charge in [-0.3, -0.25) is 4.79 Å². The van der Waals surface area contributed by atoms with Gasteiger partial charge in [0.25, 0.3) is 5.91 Å². The maximum atomic E-state index is 11.0. The molecule has 0 spiro atoms. The zero-order chi connectivity index (χ0) is 12.1. The van der Waals surface area contributed by atoms with Crippen molar-refractivity contribution in [2.75, 3.05) is 13.7 Å². The first kappa shape index (κ1) is 13.5. The molecule has 2 N–H and O–H groups in total. The van der Waals surface area contributed by atoms with Crippen LogP contribution in [0.4, 0.5) is 0 Å². The second-order valence-electron chi connectivity index (χ2n) is 3.04. The largest absolute Gasteiger partial charge is 0.477 e. The summed E-state index contributed by atoms with van der Waals surface area (Å²) in [7, 11) is 1.47. The third-order valence-corrected chi connectivity index (χ3v) is 2.76. The highest BCUT2D eigenvalue weighted by atomic mass is 127. The minimum atomic E-state index is -0.831. The number of carbonyl (C=O) groups excluding carboxylic acids is 1. The van der Waals surface area contributed by atoms with Gasteiger partial charge in [-0.25, -0.2) is 0 Å². The molecule has 0 bridgehead atoms. The van der Waals surface area contributed by atoms with E-state index in [1.54, 1.807) is 12.1 Å². The molecule has 0 radical (unpaired) electrons. The monoisotopic (exact) mass is 355 g/mol. The number of carbonyl (C=O) groups is 1. The van der Waals surface area contributed by atoms with Crippen LogP contribution in [0.15, 0.2) is 18.2 Å². The maximum Gasteiger partial charge on any atom is 0.260 e. The summed E-state index contributed by atoms with van der Waals surface area (Å²) in [6, 6.07) is 5.25. The molecule has 1 atom stereocenters. The molecule has 0 heterocycles. The van der Waals surface area contributed by atoms with Crippen LogP contribution in [-0.2, 0) is 9.53 Å². The van der Waals surface area contributed by atoms with Crippen molar-refractivity contribution in [1.82, 2.24) is 0 Å². The van der Waals surface area contributed by atoms with E-state index in [1.165, 1.54) is 7.11 Å². The third-order valence-electron chi connectivity index (χ3n) is 1.80. The lowest BCUT2D eigenvalue weighted by Gasteiger charge is -2.16. The number of hydrogen-bond acceptors (Lipinski definition) is 3. The Labute approximate surface area is 112 Å². The van der Waals surface area contributed by atoms with E-state index in [4.69, 9.17) is 26.8 Å². The van der Waals surface area contributed by atoms with Crippen LogP contribution in [0.25, 0.3) is 0 Å². The van der Waals surface area contributed by atoms with Gasteiger partial charge in [0.2, 0.25) is 0 Å². The van der Waals surface area contributed by atoms with Crippen molar-refractivity contribution in [2.24, 2.45) is 5.73 Å². The van der Waals surface area contributed by atoms with Crippen LogP contribution < -0.4 is 10.5 Å². The fourth-order valence-corrected chi connectivity index (χ4v) is 1.95. The average Bonchev–Trinajstić information content (AvgIpc) is 2.20. The highest BCUT2D eigenvalue weighted by molar-refractivity contribution is 14.1. The molecule has 1 aromatic rings. The van der Waals surface area contributed by atoms with E-state index in [2.05, 4.69) is 22.6 Å². The van der Waals surface area contributed by atoms with E-state index in [0.717, 1.165) is 3.57 Å². The number of hydrogen-bond donors (Lipinski definition) is 1. The predicted molar refractivity (Wildman–Crippen MR) is 69.7 cm³/mol. The van der Waals surface area contributed by atoms with Crippen LogP contribution >= 0.6 is 34.2 Å². The van der Waals surface area contributed by atoms with Gasteiger partial charge in [-0.05, 0) is 40.8 Å². The second kappa shape index (κ2) is 6.27. The first-order chi connectivity index (χ1) is 7.54. The molecule has 1 unspecified atom stereocenters. The number of halogens is 2. The molecule has 0 fully saturated rings. The van der Waals surface area contributed by atoms with Gasteiger partial charge in [0, 0.05) is 10.7 Å². The highest BCUT2D eigenvalue weighted by Crippen LogP contribution is 2.26. The Morgan fingerprint density at radius 3 is 2.81 bits per heavy atom. The molecule has 0 saturated heterocycles. The average molecular weight is 356 g/mol. The van der Waals surface area contributed by atoms with Gasteiger partial charge in [0.1, 0.15) is 5.75 Å². The smallest absolute Gasteiger partial charge is 0.260 e. The Morgan fingerprint density at radius 2 is 2.31 bits per heavy atom. The van der Waals surface area contributed by atoms with E-state index >= 15 is 0 Å². The van der Waals surface area contributed by atoms with E-state index < -0.39 is 12.0 Å². The molecule has 16 heavy (non-hydrogen) atoms. The Hall–Kier alpha value is -0.530. The third kappa shape index (κ3) is 3.80. The predicted octanol–water partition coefficient (Wildman–Crippen LogP) is 1.82. The number of methoxy groups -OCH3 is 1. The molecule has 1 aromatic carbocycles. The molecule has 0 aliphatic carbocycles. The van der Waals surface area contributed by atoms with Crippen molar-refractivity contribution in [3.63, 3.8) is 0 Å². The van der Waals surface area contributed by atoms with Crippen molar-refractivity contribution in [1.29, 1.82) is 0 Å². The van der Waals surface area contributed by atoms with Gasteiger partial charge in [-0.1, -0.05) is 11.6 Å². The molecule has 1 rings (SSSR count). The molecule has 88 valence electrons. The summed E-state index contributed by atoms with van der Waals surface area (Å²) < 4.78 is 11.2. The molecule has 6 heteroatoms. The number of primary amides is 1. The topological polar surface area (TPSA) is 61.6 Å². The number of rotatable bonds is 5. The SMILES string of the molecule is COCC(Oc1ccc(I)cc1Cl)C(N)=O. The van der Waals surface area contributed by atoms with Crippen LogP contribution in [0.5, 0.6) is 5.75 Å². The Balaban J connectivity index is 2.81. The molecule has 0 aromatic heterocycles. The fourth-order valence-electron chi connectivity index (χ4n) is 1.05. The lowest BCUT2D eigenvalue weighted by Crippen LogP contribution is -2.37. The Kier molecular flexibility index (Phi) is 5.30. The quantitative estimate of drug-likeness (QED) is 0.820. The van der Waals surface area contributed by atoms with Gasteiger partial charge in [-0.2, -0.15) is 0 Å². The first-order valence-electron chi connectivity index (χ1n) is 4.44. The van der Waals surface area contributed by atoms with Crippen LogP contribution in [-0.4, -0.2) is 25.7 Å². The van der Waals surface area contributed by atoms with E-state index in [9.17, 15) is 4.79 Å². The normalized spacial score (nSPS) is 12.2. The summed E-state index contributed by atoms with van der Waals surface area (Å²) in [4.78, 5) is 11.0. The minimum absolute atomic E-state index is 0.0949. The van der Waals surface area contributed by atoms with Crippen molar-refractivity contribution >= 4 is 40.1 Å². The van der Waals surface area contributed by atoms with Crippen LogP contribution in [0.3, 0.4) is 0 Å². The minimum Gasteiger partial charge on any atom is -0.477 e. The van der Waals surface area contributed by atoms with Gasteiger partial charge < -0.3 is 15.2 Å². The van der Waals surface area contributed by atoms with Gasteiger partial charge in [0.05, 0.1) is 11.6 Å². The molecular weight excluding hydrogens is 344 g/mol. The number of benzene rings is 1. The summed E-state index contributed by atoms with van der Waals surface area (Å²) in [5, 5.41) is 0.439. The molecule has 1 amide bonds. The van der Waals surface area contributed by atoms with Gasteiger partial charge >= 0.3 is 0 Å². The van der Waals surface area contributed by atoms with Crippen molar-refractivity contribution < 1.29 is 14.3 Å². The summed E-state index contributed by atoms with van der Waals surface area (Å²) in [5.74, 6) is -0.167. The van der Waals surface area contributed by atoms with E-state index in [-0.39, 0.29) is 6.61 Å². The summed E-state index contributed by atoms with van der Waals surface area (Å²) in [6.07, 6.45) is -0.831. The van der Waals surface area contributed by atoms with E-state index in [1.807, 2.05) is 6.07 Å². The molecule has 0 aliphatic heterocycles. The number of amides is 1. The summed E-state index contributed by atoms with van der Waals surface area (Å²) in [6.45, 7) is 0.0949. The van der Waals surface area contributed by atoms with Gasteiger partial charge in [0.15, 0.2) is 6.10 Å². The second-order valence-corrected chi connectivity index (χ2v) is 4.69. The Morgan fingerprint density at radius 1 is 1.62 bits per heavy atom. The maximum absolute atomic E-state index is 11.0. The zero-order valence-electron chi connectivity index (χ0n) is 8.57. The summed E-state index contributed by atoms with van der Waals surface area (Å²) >= 11 is 8.09. The van der Waals surface area contributed by atoms with Crippen LogP contribution in [0, 0.1) is 3.57 Å². The van der Waals surface area contributed by atoms with Crippen LogP contribution in [0.2, 0.25) is 5.02 Å². The van der Waals surface area contributed by atoms with E-state index in [0.29, 0.717) is 10.8 Å². The Bertz CT molecular complexity index is 386. The summed E-state index contributed by atoms with van der Waals surface area (Å²) in [5.41, 5.74) is 5.16. The lowest BCUT2D eigenvalue weighted by atomic mass is 10.3. The fraction of sp³-hybridized carbons (Fsp3) is 0.300. The first-order valence-corrected chi connectivity index (χ1v) is 5.90. The molecule has 0 saturated carbocycles. The molecule has 4 nitrogen and oxygen atoms in total. The van der Waals surface area contributed by atoms with Crippen molar-refractivity contribution in [3.8, 4) is 5.75 Å². The lowest BCUT2D eigenvalue weighted by molar-refractivity contribution is -0.126. The zero-order valence-corrected chi connectivity index (χ0v) is 11.5. The highest BCUT2D eigenvalue weighted by Gasteiger charge is 2.18. The van der Waals surface area contributed by atoms with Gasteiger partial charge in [-0.15, -0.1) is 0 Å². The number of ether oxygens (including phenoxy) is 2. The van der Waals surface area contributed by atoms with Crippen LogP contribution in [0.1, 0.15) is 0 Å². The molecule has 0 aliphatic rings. The number of nitrogens with two attached hydrogens (primary N) is 1. The van der Waals surface area contributed by atoms with Crippen molar-refractivity contribution in [2.45, 2.75) is 6.10 Å². The standard InChI is InChI=1S/C10H11ClINO3/c1-15-5-9(10(13)14)16-8-3-2-6(12)4-7(8)11/h2-4,9H,5H2,1H3,(H2,13,14).